The van der Waals surface area contributed by atoms with Gasteiger partial charge >= 0.3 is 0 Å². The predicted molar refractivity (Wildman–Crippen MR) is 74.7 cm³/mol. The van der Waals surface area contributed by atoms with Crippen molar-refractivity contribution in [2.75, 3.05) is 26.0 Å². The van der Waals surface area contributed by atoms with Gasteiger partial charge in [-0.25, -0.2) is 0 Å². The summed E-state index contributed by atoms with van der Waals surface area (Å²) in [5, 5.41) is 0.259. The van der Waals surface area contributed by atoms with E-state index in [1.165, 1.54) is 4.90 Å². The summed E-state index contributed by atoms with van der Waals surface area (Å²) in [6.07, 6.45) is 0.0736. The first-order chi connectivity index (χ1) is 8.49. The fraction of sp³-hybridized carbons (Fsp3) is 0.385. The molecule has 1 unspecified atom stereocenters. The van der Waals surface area contributed by atoms with Gasteiger partial charge in [-0.3, -0.25) is 9.69 Å². The molecule has 5 heteroatoms. The number of thiocarbonyl (C=S) groups is 1. The summed E-state index contributed by atoms with van der Waals surface area (Å²) in [5.74, 6) is -0.0725. The highest BCUT2D eigenvalue weighted by Crippen LogP contribution is 2.18. The molecule has 1 heterocycles. The summed E-state index contributed by atoms with van der Waals surface area (Å²) >= 11 is 4.94. The quantitative estimate of drug-likeness (QED) is 0.773. The Bertz CT molecular complexity index is 470. The summed E-state index contributed by atoms with van der Waals surface area (Å²) in [5.41, 5.74) is 2.20. The molecule has 1 fully saturated rings. The van der Waals surface area contributed by atoms with E-state index in [1.54, 1.807) is 7.05 Å². The van der Waals surface area contributed by atoms with Gasteiger partial charge in [-0.2, -0.15) is 0 Å². The van der Waals surface area contributed by atoms with Gasteiger partial charge in [0.05, 0.1) is 0 Å². The first kappa shape index (κ1) is 12.8. The number of amides is 1. The van der Waals surface area contributed by atoms with Crippen molar-refractivity contribution in [1.82, 2.24) is 4.90 Å². The molecule has 1 aromatic rings. The topological polar surface area (TPSA) is 32.8 Å². The molecule has 0 bridgehead atoms. The third kappa shape index (κ3) is 2.46. The number of nitrogens with zero attached hydrogens (tertiary/aromatic N) is 2. The van der Waals surface area contributed by atoms with Crippen LogP contribution in [-0.4, -0.2) is 43.2 Å². The van der Waals surface area contributed by atoms with Crippen molar-refractivity contribution >= 4 is 29.0 Å². The van der Waals surface area contributed by atoms with Crippen molar-refractivity contribution in [1.29, 1.82) is 0 Å². The summed E-state index contributed by atoms with van der Waals surface area (Å²) in [6, 6.07) is 8.06. The number of likely N-dealkylation sites (N-methyl/N-ethyl adjacent to an activating group) is 1. The van der Waals surface area contributed by atoms with Crippen LogP contribution in [0.4, 0.5) is 5.69 Å². The second kappa shape index (κ2) is 4.94. The summed E-state index contributed by atoms with van der Waals surface area (Å²) in [7, 11) is 5.62. The zero-order valence-electron chi connectivity index (χ0n) is 10.7. The lowest BCUT2D eigenvalue weighted by molar-refractivity contribution is -0.128. The van der Waals surface area contributed by atoms with Gasteiger partial charge in [0.15, 0.2) is 6.10 Å². The maximum absolute atomic E-state index is 11.8. The monoisotopic (exact) mass is 264 g/mol. The lowest BCUT2D eigenvalue weighted by atomic mass is 10.1. The Hall–Kier alpha value is -1.62. The zero-order valence-corrected chi connectivity index (χ0v) is 11.5. The van der Waals surface area contributed by atoms with Gasteiger partial charge in [-0.05, 0) is 29.9 Å². The molecule has 2 rings (SSSR count). The Morgan fingerprint density at radius 1 is 1.33 bits per heavy atom. The van der Waals surface area contributed by atoms with E-state index < -0.39 is 6.10 Å². The smallest absolute Gasteiger partial charge is 0.271 e. The van der Waals surface area contributed by atoms with E-state index >= 15 is 0 Å². The van der Waals surface area contributed by atoms with Crippen LogP contribution in [0.1, 0.15) is 5.56 Å². The van der Waals surface area contributed by atoms with Crippen LogP contribution in [0.25, 0.3) is 0 Å². The third-order valence-corrected chi connectivity index (χ3v) is 3.37. The Balaban J connectivity index is 2.06. The first-order valence-corrected chi connectivity index (χ1v) is 6.14. The third-order valence-electron chi connectivity index (χ3n) is 3.00. The lowest BCUT2D eigenvalue weighted by Crippen LogP contribution is -2.28. The predicted octanol–water partition coefficient (Wildman–Crippen LogP) is 1.44. The van der Waals surface area contributed by atoms with E-state index in [1.807, 2.05) is 43.3 Å². The minimum absolute atomic E-state index is 0.0725. The standard InChI is InChI=1S/C13H16N2O2S/c1-14(2)10-6-4-9(5-7-10)8-11-12(16)15(3)13(18)17-11/h4-7,11H,8H2,1-3H3. The van der Waals surface area contributed by atoms with Gasteiger partial charge in [0, 0.05) is 33.3 Å². The van der Waals surface area contributed by atoms with Crippen LogP contribution >= 0.6 is 12.2 Å². The number of anilines is 1. The van der Waals surface area contributed by atoms with Gasteiger partial charge in [0.25, 0.3) is 11.1 Å². The molecule has 18 heavy (non-hydrogen) atoms. The highest BCUT2D eigenvalue weighted by atomic mass is 32.1. The van der Waals surface area contributed by atoms with Crippen LogP contribution in [0, 0.1) is 0 Å². The molecule has 1 aromatic carbocycles. The molecule has 1 amide bonds. The molecule has 0 aliphatic carbocycles. The van der Waals surface area contributed by atoms with Crippen molar-refractivity contribution in [2.45, 2.75) is 12.5 Å². The SMILES string of the molecule is CN1C(=O)C(Cc2ccc(N(C)C)cc2)OC1=S. The molecule has 96 valence electrons. The molecule has 0 aromatic heterocycles. The number of benzene rings is 1. The van der Waals surface area contributed by atoms with E-state index in [2.05, 4.69) is 0 Å². The molecule has 4 nitrogen and oxygen atoms in total. The highest BCUT2D eigenvalue weighted by molar-refractivity contribution is 7.80. The van der Waals surface area contributed by atoms with E-state index in [4.69, 9.17) is 17.0 Å². The average molecular weight is 264 g/mol. The minimum atomic E-state index is -0.479. The molecule has 0 N–H and O–H groups in total. The Kier molecular flexibility index (Phi) is 3.52. The van der Waals surface area contributed by atoms with E-state index in [0.717, 1.165) is 11.3 Å². The maximum atomic E-state index is 11.8. The molecular formula is C13H16N2O2S. The number of hydrogen-bond donors (Lipinski definition) is 0. The van der Waals surface area contributed by atoms with Crippen molar-refractivity contribution in [2.24, 2.45) is 0 Å². The largest absolute Gasteiger partial charge is 0.457 e. The second-order valence-electron chi connectivity index (χ2n) is 4.53. The van der Waals surface area contributed by atoms with Crippen LogP contribution < -0.4 is 4.90 Å². The second-order valence-corrected chi connectivity index (χ2v) is 4.88. The Labute approximate surface area is 112 Å². The van der Waals surface area contributed by atoms with Gasteiger partial charge in [0.1, 0.15) is 0 Å². The van der Waals surface area contributed by atoms with Gasteiger partial charge in [0.2, 0.25) is 0 Å². The molecule has 1 aliphatic heterocycles. The van der Waals surface area contributed by atoms with Crippen LogP contribution in [0.5, 0.6) is 0 Å². The van der Waals surface area contributed by atoms with E-state index in [9.17, 15) is 4.79 Å². The van der Waals surface area contributed by atoms with Crippen molar-refractivity contribution in [3.63, 3.8) is 0 Å². The number of carbonyl (C=O) groups excluding carboxylic acids is 1. The van der Waals surface area contributed by atoms with Gasteiger partial charge < -0.3 is 9.64 Å². The van der Waals surface area contributed by atoms with Crippen LogP contribution in [0.2, 0.25) is 0 Å². The Morgan fingerprint density at radius 2 is 1.94 bits per heavy atom. The summed E-state index contributed by atoms with van der Waals surface area (Å²) < 4.78 is 5.36. The van der Waals surface area contributed by atoms with Crippen molar-refractivity contribution in [3.05, 3.63) is 29.8 Å². The zero-order chi connectivity index (χ0) is 13.3. The summed E-state index contributed by atoms with van der Waals surface area (Å²) in [6.45, 7) is 0. The van der Waals surface area contributed by atoms with Crippen LogP contribution in [0.3, 0.4) is 0 Å². The fourth-order valence-electron chi connectivity index (χ4n) is 1.83. The number of carbonyl (C=O) groups is 1. The molecule has 0 spiro atoms. The van der Waals surface area contributed by atoms with Gasteiger partial charge in [-0.15, -0.1) is 0 Å². The lowest BCUT2D eigenvalue weighted by Gasteiger charge is -2.13. The van der Waals surface area contributed by atoms with E-state index in [0.29, 0.717) is 6.42 Å². The van der Waals surface area contributed by atoms with E-state index in [-0.39, 0.29) is 11.1 Å². The molecule has 1 atom stereocenters. The fourth-order valence-corrected chi connectivity index (χ4v) is 2.04. The average Bonchev–Trinajstić information content (AvgIpc) is 2.58. The molecule has 1 saturated heterocycles. The Morgan fingerprint density at radius 3 is 2.39 bits per heavy atom. The molecule has 0 saturated carbocycles. The highest BCUT2D eigenvalue weighted by Gasteiger charge is 2.35. The normalized spacial score (nSPS) is 19.1. The van der Waals surface area contributed by atoms with Crippen LogP contribution in [-0.2, 0) is 16.0 Å². The van der Waals surface area contributed by atoms with Crippen LogP contribution in [0.15, 0.2) is 24.3 Å². The number of ether oxygens (including phenoxy) is 1. The maximum Gasteiger partial charge on any atom is 0.271 e. The molecule has 1 aliphatic rings. The molecule has 0 radical (unpaired) electrons. The molecular weight excluding hydrogens is 248 g/mol. The number of hydrogen-bond acceptors (Lipinski definition) is 4. The summed E-state index contributed by atoms with van der Waals surface area (Å²) in [4.78, 5) is 15.2. The first-order valence-electron chi connectivity index (χ1n) is 5.73. The minimum Gasteiger partial charge on any atom is -0.457 e. The van der Waals surface area contributed by atoms with Crippen molar-refractivity contribution in [3.8, 4) is 0 Å². The number of rotatable bonds is 3. The van der Waals surface area contributed by atoms with Gasteiger partial charge in [-0.1, -0.05) is 12.1 Å². The van der Waals surface area contributed by atoms with Crippen molar-refractivity contribution < 1.29 is 9.53 Å².